The molecule has 0 aliphatic heterocycles. The average Bonchev–Trinajstić information content (AvgIpc) is 2.33. The standard InChI is InChI=1S/C10H12F2N2O4S/c1-5(10(15)18-2)19(16,17)14-9-4-8(13)6(11)3-7(9)12/h3-5,14H,13H2,1-2H3. The molecule has 0 heterocycles. The summed E-state index contributed by atoms with van der Waals surface area (Å²) in [5.74, 6) is -3.17. The minimum absolute atomic E-state index is 0.426. The number of rotatable bonds is 4. The van der Waals surface area contributed by atoms with Crippen LogP contribution in [-0.2, 0) is 19.6 Å². The van der Waals surface area contributed by atoms with Crippen molar-refractivity contribution in [2.75, 3.05) is 17.6 Å². The number of nitrogen functional groups attached to an aromatic ring is 1. The summed E-state index contributed by atoms with van der Waals surface area (Å²) in [4.78, 5) is 11.1. The number of nitrogens with two attached hydrogens (primary N) is 1. The third-order valence-corrected chi connectivity index (χ3v) is 3.96. The van der Waals surface area contributed by atoms with Gasteiger partial charge < -0.3 is 10.5 Å². The van der Waals surface area contributed by atoms with Gasteiger partial charge >= 0.3 is 5.97 Å². The number of hydrogen-bond acceptors (Lipinski definition) is 5. The first-order chi connectivity index (χ1) is 8.69. The van der Waals surface area contributed by atoms with Crippen LogP contribution in [0.5, 0.6) is 0 Å². The molecule has 1 atom stereocenters. The number of ether oxygens (including phenoxy) is 1. The summed E-state index contributed by atoms with van der Waals surface area (Å²) in [6.07, 6.45) is 0. The van der Waals surface area contributed by atoms with Crippen molar-refractivity contribution in [1.82, 2.24) is 0 Å². The van der Waals surface area contributed by atoms with Gasteiger partial charge in [0, 0.05) is 6.07 Å². The van der Waals surface area contributed by atoms with Crippen LogP contribution in [0.25, 0.3) is 0 Å². The summed E-state index contributed by atoms with van der Waals surface area (Å²) in [5, 5.41) is -1.55. The van der Waals surface area contributed by atoms with Crippen molar-refractivity contribution in [3.63, 3.8) is 0 Å². The van der Waals surface area contributed by atoms with Crippen LogP contribution >= 0.6 is 0 Å². The molecule has 0 radical (unpaired) electrons. The van der Waals surface area contributed by atoms with Crippen molar-refractivity contribution in [1.29, 1.82) is 0 Å². The van der Waals surface area contributed by atoms with Gasteiger partial charge in [0.05, 0.1) is 18.5 Å². The van der Waals surface area contributed by atoms with E-state index in [9.17, 15) is 22.0 Å². The zero-order valence-electron chi connectivity index (χ0n) is 10.1. The lowest BCUT2D eigenvalue weighted by atomic mass is 10.2. The SMILES string of the molecule is COC(=O)C(C)S(=O)(=O)Nc1cc(N)c(F)cc1F. The normalized spacial score (nSPS) is 12.8. The Morgan fingerprint density at radius 3 is 2.47 bits per heavy atom. The highest BCUT2D eigenvalue weighted by Gasteiger charge is 2.29. The molecule has 1 aromatic carbocycles. The fourth-order valence-corrected chi connectivity index (χ4v) is 2.17. The Bertz CT molecular complexity index is 604. The minimum atomic E-state index is -4.22. The van der Waals surface area contributed by atoms with E-state index in [2.05, 4.69) is 4.74 Å². The zero-order valence-corrected chi connectivity index (χ0v) is 10.9. The van der Waals surface area contributed by atoms with E-state index < -0.39 is 44.3 Å². The number of carbonyl (C=O) groups is 1. The maximum Gasteiger partial charge on any atom is 0.325 e. The highest BCUT2D eigenvalue weighted by molar-refractivity contribution is 7.94. The molecule has 0 bridgehead atoms. The predicted molar refractivity (Wildman–Crippen MR) is 64.8 cm³/mol. The summed E-state index contributed by atoms with van der Waals surface area (Å²) >= 11 is 0. The molecule has 0 saturated heterocycles. The first kappa shape index (κ1) is 15.2. The molecule has 6 nitrogen and oxygen atoms in total. The van der Waals surface area contributed by atoms with Crippen molar-refractivity contribution >= 4 is 27.4 Å². The molecule has 1 aromatic rings. The zero-order chi connectivity index (χ0) is 14.8. The highest BCUT2D eigenvalue weighted by atomic mass is 32.2. The largest absolute Gasteiger partial charge is 0.468 e. The highest BCUT2D eigenvalue weighted by Crippen LogP contribution is 2.23. The molecule has 0 fully saturated rings. The molecule has 0 saturated carbocycles. The van der Waals surface area contributed by atoms with E-state index >= 15 is 0 Å². The second-order valence-corrected chi connectivity index (χ2v) is 5.67. The Kier molecular flexibility index (Phi) is 4.30. The molecule has 0 spiro atoms. The van der Waals surface area contributed by atoms with Crippen molar-refractivity contribution in [2.24, 2.45) is 0 Å². The fraction of sp³-hybridized carbons (Fsp3) is 0.300. The van der Waals surface area contributed by atoms with E-state index in [0.29, 0.717) is 6.07 Å². The molecule has 1 rings (SSSR count). The van der Waals surface area contributed by atoms with Crippen molar-refractivity contribution < 1.29 is 26.7 Å². The van der Waals surface area contributed by atoms with Crippen molar-refractivity contribution in [3.8, 4) is 0 Å². The monoisotopic (exact) mass is 294 g/mol. The molecule has 1 unspecified atom stereocenters. The third kappa shape index (κ3) is 3.31. The number of anilines is 2. The average molecular weight is 294 g/mol. The van der Waals surface area contributed by atoms with E-state index in [-0.39, 0.29) is 0 Å². The number of halogens is 2. The Morgan fingerprint density at radius 1 is 1.37 bits per heavy atom. The van der Waals surface area contributed by atoms with Crippen LogP contribution in [0.3, 0.4) is 0 Å². The molecule has 19 heavy (non-hydrogen) atoms. The fourth-order valence-electron chi connectivity index (χ4n) is 1.18. The van der Waals surface area contributed by atoms with Crippen LogP contribution in [0, 0.1) is 11.6 Å². The van der Waals surface area contributed by atoms with E-state index in [1.165, 1.54) is 0 Å². The van der Waals surface area contributed by atoms with Crippen molar-refractivity contribution in [2.45, 2.75) is 12.2 Å². The third-order valence-electron chi connectivity index (χ3n) is 2.34. The number of benzene rings is 1. The van der Waals surface area contributed by atoms with Gasteiger partial charge in [-0.1, -0.05) is 0 Å². The van der Waals surface area contributed by atoms with Crippen LogP contribution in [0.15, 0.2) is 12.1 Å². The van der Waals surface area contributed by atoms with Crippen LogP contribution in [0.1, 0.15) is 6.92 Å². The second-order valence-electron chi connectivity index (χ2n) is 3.67. The molecule has 106 valence electrons. The van der Waals surface area contributed by atoms with Crippen LogP contribution in [0.4, 0.5) is 20.2 Å². The number of esters is 1. The van der Waals surface area contributed by atoms with Crippen LogP contribution in [-0.4, -0.2) is 26.7 Å². The quantitative estimate of drug-likeness (QED) is 0.633. The van der Waals surface area contributed by atoms with Crippen molar-refractivity contribution in [3.05, 3.63) is 23.8 Å². The molecule has 0 amide bonds. The summed E-state index contributed by atoms with van der Waals surface area (Å²) < 4.78 is 55.8. The Hall–Kier alpha value is -1.90. The van der Waals surface area contributed by atoms with E-state index in [0.717, 1.165) is 20.1 Å². The number of methoxy groups -OCH3 is 1. The van der Waals surface area contributed by atoms with Gasteiger partial charge in [-0.05, 0) is 13.0 Å². The van der Waals surface area contributed by atoms with E-state index in [4.69, 9.17) is 5.73 Å². The lowest BCUT2D eigenvalue weighted by Gasteiger charge is -2.13. The maximum absolute atomic E-state index is 13.4. The predicted octanol–water partition coefficient (Wildman–Crippen LogP) is 0.850. The minimum Gasteiger partial charge on any atom is -0.468 e. The van der Waals surface area contributed by atoms with Gasteiger partial charge in [0.2, 0.25) is 10.0 Å². The Balaban J connectivity index is 3.09. The van der Waals surface area contributed by atoms with E-state index in [1.807, 2.05) is 4.72 Å². The Morgan fingerprint density at radius 2 is 1.95 bits per heavy atom. The van der Waals surface area contributed by atoms with Gasteiger partial charge in [-0.15, -0.1) is 0 Å². The molecule has 0 aliphatic carbocycles. The molecule has 0 aromatic heterocycles. The summed E-state index contributed by atoms with van der Waals surface area (Å²) in [6.45, 7) is 1.07. The number of carbonyl (C=O) groups excluding carboxylic acids is 1. The van der Waals surface area contributed by atoms with Gasteiger partial charge in [-0.2, -0.15) is 0 Å². The van der Waals surface area contributed by atoms with Gasteiger partial charge in [-0.25, -0.2) is 17.2 Å². The van der Waals surface area contributed by atoms with Gasteiger partial charge in [0.1, 0.15) is 11.6 Å². The molecule has 9 heteroatoms. The topological polar surface area (TPSA) is 98.5 Å². The Labute approximate surface area is 108 Å². The van der Waals surface area contributed by atoms with Crippen LogP contribution in [0.2, 0.25) is 0 Å². The summed E-state index contributed by atoms with van der Waals surface area (Å²) in [7, 11) is -3.20. The molecule has 3 N–H and O–H groups in total. The molecule has 0 aliphatic rings. The van der Waals surface area contributed by atoms with E-state index in [1.54, 1.807) is 0 Å². The summed E-state index contributed by atoms with van der Waals surface area (Å²) in [5.41, 5.74) is 4.23. The van der Waals surface area contributed by atoms with Gasteiger partial charge in [-0.3, -0.25) is 9.52 Å². The molecular formula is C10H12F2N2O4S. The molecular weight excluding hydrogens is 282 g/mol. The van der Waals surface area contributed by atoms with Crippen LogP contribution < -0.4 is 10.5 Å². The smallest absolute Gasteiger partial charge is 0.325 e. The first-order valence-electron chi connectivity index (χ1n) is 5.03. The second kappa shape index (κ2) is 5.39. The first-order valence-corrected chi connectivity index (χ1v) is 6.57. The van der Waals surface area contributed by atoms with Gasteiger partial charge in [0.25, 0.3) is 0 Å². The number of hydrogen-bond donors (Lipinski definition) is 2. The van der Waals surface area contributed by atoms with Gasteiger partial charge in [0.15, 0.2) is 5.25 Å². The number of sulfonamides is 1. The number of nitrogens with one attached hydrogen (secondary N) is 1. The lowest BCUT2D eigenvalue weighted by Crippen LogP contribution is -2.33. The summed E-state index contributed by atoms with van der Waals surface area (Å²) in [6, 6.07) is 1.22. The maximum atomic E-state index is 13.4. The lowest BCUT2D eigenvalue weighted by molar-refractivity contribution is -0.139.